The maximum absolute atomic E-state index is 11.9. The van der Waals surface area contributed by atoms with Crippen LogP contribution < -0.4 is 4.90 Å². The van der Waals surface area contributed by atoms with E-state index < -0.39 is 5.97 Å². The number of piperidine rings is 1. The van der Waals surface area contributed by atoms with Crippen LogP contribution in [0.3, 0.4) is 0 Å². The Labute approximate surface area is 95.6 Å². The molecule has 1 aliphatic heterocycles. The molecule has 2 amide bonds. The lowest BCUT2D eigenvalue weighted by atomic mass is 10.3. The molecular weight excluding hydrogens is 226 g/mol. The number of hydrogen-bond donors (Lipinski definition) is 1. The Bertz CT molecular complexity index is 542. The number of fused-ring (bicyclic) bond motifs is 1. The van der Waals surface area contributed by atoms with Gasteiger partial charge in [0, 0.05) is 7.05 Å². The van der Waals surface area contributed by atoms with Crippen molar-refractivity contribution in [2.75, 3.05) is 4.90 Å². The van der Waals surface area contributed by atoms with E-state index in [-0.39, 0.29) is 35.0 Å². The molecule has 1 saturated carbocycles. The maximum Gasteiger partial charge on any atom is 0.341 e. The molecule has 2 atom stereocenters. The summed E-state index contributed by atoms with van der Waals surface area (Å²) >= 11 is 0. The summed E-state index contributed by atoms with van der Waals surface area (Å²) in [7, 11) is 1.51. The largest absolute Gasteiger partial charge is 0.477 e. The van der Waals surface area contributed by atoms with Crippen LogP contribution in [-0.2, 0) is 16.6 Å². The second-order valence-corrected chi connectivity index (χ2v) is 4.27. The predicted octanol–water partition coefficient (Wildman–Crippen LogP) is -0.372. The zero-order valence-corrected chi connectivity index (χ0v) is 8.95. The molecule has 2 unspecified atom stereocenters. The minimum Gasteiger partial charge on any atom is -0.477 e. The molecule has 7 nitrogen and oxygen atoms in total. The lowest BCUT2D eigenvalue weighted by Gasteiger charge is -2.17. The number of aromatic nitrogens is 2. The number of aromatic carboxylic acids is 1. The van der Waals surface area contributed by atoms with Gasteiger partial charge in [-0.2, -0.15) is 5.10 Å². The van der Waals surface area contributed by atoms with Crippen LogP contribution in [0.5, 0.6) is 0 Å². The Morgan fingerprint density at radius 3 is 2.53 bits per heavy atom. The van der Waals surface area contributed by atoms with E-state index in [1.165, 1.54) is 11.7 Å². The van der Waals surface area contributed by atoms with Crippen LogP contribution in [0.4, 0.5) is 5.82 Å². The fourth-order valence-corrected chi connectivity index (χ4v) is 2.24. The number of nitrogens with zero attached hydrogens (tertiary/aromatic N) is 3. The number of anilines is 1. The Balaban J connectivity index is 2.10. The number of carboxylic acid groups (broad SMARTS) is 1. The van der Waals surface area contributed by atoms with Crippen LogP contribution >= 0.6 is 0 Å². The molecule has 0 bridgehead atoms. The smallest absolute Gasteiger partial charge is 0.341 e. The standard InChI is InChI=1S/C10H9N3O4/c1-12-7(6(3-11-12)10(16)17)13-8(14)4-2-5(4)9(13)15/h3-5H,2H2,1H3,(H,16,17). The average Bonchev–Trinajstić information content (AvgIpc) is 2.92. The van der Waals surface area contributed by atoms with Crippen molar-refractivity contribution < 1.29 is 19.5 Å². The van der Waals surface area contributed by atoms with E-state index in [9.17, 15) is 14.4 Å². The molecule has 1 aliphatic carbocycles. The zero-order chi connectivity index (χ0) is 12.3. The molecule has 7 heteroatoms. The monoisotopic (exact) mass is 235 g/mol. The molecule has 17 heavy (non-hydrogen) atoms. The van der Waals surface area contributed by atoms with Gasteiger partial charge >= 0.3 is 5.97 Å². The lowest BCUT2D eigenvalue weighted by molar-refractivity contribution is -0.123. The fourth-order valence-electron chi connectivity index (χ4n) is 2.24. The molecule has 0 radical (unpaired) electrons. The van der Waals surface area contributed by atoms with Crippen molar-refractivity contribution in [3.8, 4) is 0 Å². The number of carbonyl (C=O) groups excluding carboxylic acids is 2. The summed E-state index contributed by atoms with van der Waals surface area (Å²) in [5.41, 5.74) is -0.129. The first kappa shape index (κ1) is 10.0. The van der Waals surface area contributed by atoms with Gasteiger partial charge in [-0.3, -0.25) is 14.3 Å². The number of aryl methyl sites for hydroxylation is 1. The number of imide groups is 1. The minimum absolute atomic E-state index is 0.0553. The van der Waals surface area contributed by atoms with Gasteiger partial charge in [-0.15, -0.1) is 0 Å². The van der Waals surface area contributed by atoms with Crippen molar-refractivity contribution in [1.29, 1.82) is 0 Å². The average molecular weight is 235 g/mol. The van der Waals surface area contributed by atoms with Gasteiger partial charge < -0.3 is 5.11 Å². The molecule has 2 heterocycles. The second kappa shape index (κ2) is 2.93. The van der Waals surface area contributed by atoms with Gasteiger partial charge in [0.1, 0.15) is 5.56 Å². The predicted molar refractivity (Wildman–Crippen MR) is 54.3 cm³/mol. The van der Waals surface area contributed by atoms with Crippen LogP contribution in [-0.4, -0.2) is 32.7 Å². The highest BCUT2D eigenvalue weighted by atomic mass is 16.4. The molecule has 3 rings (SSSR count). The highest BCUT2D eigenvalue weighted by Crippen LogP contribution is 2.48. The third-order valence-electron chi connectivity index (χ3n) is 3.22. The Morgan fingerprint density at radius 2 is 2.00 bits per heavy atom. The molecule has 2 aliphatic rings. The van der Waals surface area contributed by atoms with Crippen LogP contribution in [0.2, 0.25) is 0 Å². The molecule has 1 aromatic heterocycles. The summed E-state index contributed by atoms with van der Waals surface area (Å²) in [5, 5.41) is 12.8. The summed E-state index contributed by atoms with van der Waals surface area (Å²) in [6, 6.07) is 0. The van der Waals surface area contributed by atoms with E-state index in [0.29, 0.717) is 6.42 Å². The molecule has 1 saturated heterocycles. The van der Waals surface area contributed by atoms with Crippen LogP contribution in [0, 0.1) is 11.8 Å². The SMILES string of the molecule is Cn1ncc(C(=O)O)c1N1C(=O)C2CC2C1=O. The van der Waals surface area contributed by atoms with Crippen LogP contribution in [0.1, 0.15) is 16.8 Å². The van der Waals surface area contributed by atoms with E-state index in [4.69, 9.17) is 5.11 Å². The third-order valence-corrected chi connectivity index (χ3v) is 3.22. The van der Waals surface area contributed by atoms with Crippen molar-refractivity contribution in [1.82, 2.24) is 9.78 Å². The number of carboxylic acids is 1. The first-order valence-corrected chi connectivity index (χ1v) is 5.15. The molecule has 1 N–H and O–H groups in total. The first-order valence-electron chi connectivity index (χ1n) is 5.15. The Kier molecular flexibility index (Phi) is 1.73. The van der Waals surface area contributed by atoms with Gasteiger partial charge in [0.05, 0.1) is 18.0 Å². The highest BCUT2D eigenvalue weighted by Gasteiger charge is 2.60. The van der Waals surface area contributed by atoms with Crippen molar-refractivity contribution in [3.05, 3.63) is 11.8 Å². The summed E-state index contributed by atoms with van der Waals surface area (Å²) in [5.74, 6) is -2.27. The number of amides is 2. The molecule has 0 spiro atoms. The van der Waals surface area contributed by atoms with Gasteiger partial charge in [-0.1, -0.05) is 0 Å². The Hall–Kier alpha value is -2.18. The second-order valence-electron chi connectivity index (χ2n) is 4.27. The molecule has 88 valence electrons. The van der Waals surface area contributed by atoms with Crippen molar-refractivity contribution in [2.24, 2.45) is 18.9 Å². The van der Waals surface area contributed by atoms with Crippen molar-refractivity contribution in [2.45, 2.75) is 6.42 Å². The summed E-state index contributed by atoms with van der Waals surface area (Å²) in [6.45, 7) is 0. The fraction of sp³-hybridized carbons (Fsp3) is 0.400. The topological polar surface area (TPSA) is 92.5 Å². The van der Waals surface area contributed by atoms with Gasteiger partial charge in [-0.25, -0.2) is 9.69 Å². The third kappa shape index (κ3) is 1.16. The van der Waals surface area contributed by atoms with Gasteiger partial charge in [0.25, 0.3) is 0 Å². The molecule has 0 aromatic carbocycles. The molecular formula is C10H9N3O4. The Morgan fingerprint density at radius 1 is 1.41 bits per heavy atom. The van der Waals surface area contributed by atoms with Crippen LogP contribution in [0.25, 0.3) is 0 Å². The summed E-state index contributed by atoms with van der Waals surface area (Å²) < 4.78 is 1.24. The summed E-state index contributed by atoms with van der Waals surface area (Å²) in [6.07, 6.45) is 1.73. The number of rotatable bonds is 2. The molecule has 1 aromatic rings. The maximum atomic E-state index is 11.9. The van der Waals surface area contributed by atoms with Gasteiger partial charge in [0.15, 0.2) is 5.82 Å². The van der Waals surface area contributed by atoms with Gasteiger partial charge in [-0.05, 0) is 6.42 Å². The number of carbonyl (C=O) groups is 3. The minimum atomic E-state index is -1.20. The van der Waals surface area contributed by atoms with E-state index in [2.05, 4.69) is 5.10 Å². The van der Waals surface area contributed by atoms with Gasteiger partial charge in [0.2, 0.25) is 11.8 Å². The first-order chi connectivity index (χ1) is 8.02. The lowest BCUT2D eigenvalue weighted by Crippen LogP contribution is -2.35. The van der Waals surface area contributed by atoms with Crippen molar-refractivity contribution >= 4 is 23.6 Å². The quantitative estimate of drug-likeness (QED) is 0.706. The van der Waals surface area contributed by atoms with Crippen molar-refractivity contribution in [3.63, 3.8) is 0 Å². The number of hydrogen-bond acceptors (Lipinski definition) is 4. The van der Waals surface area contributed by atoms with E-state index in [1.807, 2.05) is 0 Å². The molecule has 2 fully saturated rings. The van der Waals surface area contributed by atoms with Crippen LogP contribution in [0.15, 0.2) is 6.20 Å². The normalized spacial score (nSPS) is 26.3. The highest BCUT2D eigenvalue weighted by molar-refractivity contribution is 6.25. The van der Waals surface area contributed by atoms with E-state index in [0.717, 1.165) is 11.1 Å². The van der Waals surface area contributed by atoms with E-state index >= 15 is 0 Å². The zero-order valence-electron chi connectivity index (χ0n) is 8.95. The van der Waals surface area contributed by atoms with E-state index in [1.54, 1.807) is 0 Å². The summed E-state index contributed by atoms with van der Waals surface area (Å²) in [4.78, 5) is 35.7.